The summed E-state index contributed by atoms with van der Waals surface area (Å²) in [5, 5.41) is 12.6. The van der Waals surface area contributed by atoms with Gasteiger partial charge in [0, 0.05) is 0 Å². The smallest absolute Gasteiger partial charge is 0.131 e. The molecular weight excluding hydrogens is 300 g/mol. The van der Waals surface area contributed by atoms with Crippen LogP contribution in [0.5, 0.6) is 11.5 Å². The molecule has 1 aliphatic heterocycles. The van der Waals surface area contributed by atoms with Crippen molar-refractivity contribution in [3.05, 3.63) is 77.9 Å². The number of hydrogen-bond donors (Lipinski definition) is 3. The second-order valence-electron chi connectivity index (χ2n) is 5.75. The number of hydrogen-bond acceptors (Lipinski definition) is 4. The molecular formula is C20H18N2O2. The highest BCUT2D eigenvalue weighted by Gasteiger charge is 2.23. The highest BCUT2D eigenvalue weighted by molar-refractivity contribution is 5.87. The molecule has 1 aliphatic rings. The zero-order chi connectivity index (χ0) is 16.5. The first-order valence-electron chi connectivity index (χ1n) is 7.85. The summed E-state index contributed by atoms with van der Waals surface area (Å²) in [6.45, 7) is 0. The normalized spacial score (nSPS) is 16.7. The third kappa shape index (κ3) is 2.37. The fourth-order valence-electron chi connectivity index (χ4n) is 3.20. The molecule has 1 atom stereocenters. The maximum Gasteiger partial charge on any atom is 0.131 e. The molecule has 4 heteroatoms. The van der Waals surface area contributed by atoms with Crippen LogP contribution in [0.1, 0.15) is 17.2 Å². The Morgan fingerprint density at radius 3 is 2.62 bits per heavy atom. The second kappa shape index (κ2) is 5.91. The summed E-state index contributed by atoms with van der Waals surface area (Å²) in [5.74, 6) is 0.822. The standard InChI is InChI=1S/C20H18N2O2/c1-24-19-11-5-10-18(23)20(19)17-12-16(21-22-17)15-9-4-7-13-6-2-3-8-14(13)15/h2-12,16,21-23H,1H3. The van der Waals surface area contributed by atoms with Gasteiger partial charge in [0.25, 0.3) is 0 Å². The summed E-state index contributed by atoms with van der Waals surface area (Å²) in [7, 11) is 1.60. The van der Waals surface area contributed by atoms with Crippen LogP contribution >= 0.6 is 0 Å². The molecule has 0 saturated carbocycles. The van der Waals surface area contributed by atoms with E-state index in [1.165, 1.54) is 16.3 Å². The van der Waals surface area contributed by atoms with Crippen LogP contribution in [0, 0.1) is 0 Å². The Balaban J connectivity index is 1.78. The topological polar surface area (TPSA) is 53.5 Å². The van der Waals surface area contributed by atoms with E-state index in [0.29, 0.717) is 11.3 Å². The van der Waals surface area contributed by atoms with Crippen molar-refractivity contribution in [3.63, 3.8) is 0 Å². The SMILES string of the molecule is COc1cccc(O)c1C1=CC(c2cccc3ccccc23)NN1. The minimum Gasteiger partial charge on any atom is -0.507 e. The van der Waals surface area contributed by atoms with E-state index in [-0.39, 0.29) is 11.8 Å². The molecule has 120 valence electrons. The quantitative estimate of drug-likeness (QED) is 0.688. The predicted octanol–water partition coefficient (Wildman–Crippen LogP) is 3.74. The molecule has 1 unspecified atom stereocenters. The van der Waals surface area contributed by atoms with Crippen LogP contribution in [0.25, 0.3) is 16.5 Å². The van der Waals surface area contributed by atoms with E-state index in [2.05, 4.69) is 47.3 Å². The number of hydrazine groups is 1. The van der Waals surface area contributed by atoms with Gasteiger partial charge < -0.3 is 15.3 Å². The van der Waals surface area contributed by atoms with Gasteiger partial charge in [-0.15, -0.1) is 0 Å². The number of aromatic hydroxyl groups is 1. The largest absolute Gasteiger partial charge is 0.507 e. The van der Waals surface area contributed by atoms with Crippen LogP contribution in [0.2, 0.25) is 0 Å². The number of methoxy groups -OCH3 is 1. The van der Waals surface area contributed by atoms with E-state index < -0.39 is 0 Å². The minimum absolute atomic E-state index is 0.00964. The first-order valence-corrected chi connectivity index (χ1v) is 7.85. The van der Waals surface area contributed by atoms with Crippen LogP contribution in [0.4, 0.5) is 0 Å². The molecule has 0 fully saturated rings. The fraction of sp³-hybridized carbons (Fsp3) is 0.100. The lowest BCUT2D eigenvalue weighted by atomic mass is 9.98. The fourth-order valence-corrected chi connectivity index (χ4v) is 3.20. The maximum atomic E-state index is 10.2. The average molecular weight is 318 g/mol. The highest BCUT2D eigenvalue weighted by atomic mass is 16.5. The summed E-state index contributed by atoms with van der Waals surface area (Å²) in [6, 6.07) is 19.9. The average Bonchev–Trinajstić information content (AvgIpc) is 3.10. The summed E-state index contributed by atoms with van der Waals surface area (Å²) in [5.41, 5.74) is 9.11. The first-order chi connectivity index (χ1) is 11.8. The molecule has 0 saturated heterocycles. The van der Waals surface area contributed by atoms with Crippen molar-refractivity contribution < 1.29 is 9.84 Å². The van der Waals surface area contributed by atoms with Crippen molar-refractivity contribution >= 4 is 16.5 Å². The van der Waals surface area contributed by atoms with Crippen LogP contribution in [0.15, 0.2) is 66.7 Å². The van der Waals surface area contributed by atoms with Crippen molar-refractivity contribution in [1.82, 2.24) is 10.9 Å². The Hall–Kier alpha value is -2.98. The second-order valence-corrected chi connectivity index (χ2v) is 5.75. The Morgan fingerprint density at radius 2 is 1.75 bits per heavy atom. The maximum absolute atomic E-state index is 10.2. The Morgan fingerprint density at radius 1 is 0.958 bits per heavy atom. The predicted molar refractivity (Wildman–Crippen MR) is 95.6 cm³/mol. The lowest BCUT2D eigenvalue weighted by molar-refractivity contribution is 0.405. The molecule has 3 aromatic rings. The van der Waals surface area contributed by atoms with Crippen molar-refractivity contribution in [2.45, 2.75) is 6.04 Å². The van der Waals surface area contributed by atoms with E-state index in [0.717, 1.165) is 5.70 Å². The van der Waals surface area contributed by atoms with Gasteiger partial charge in [0.15, 0.2) is 0 Å². The molecule has 0 bridgehead atoms. The molecule has 4 nitrogen and oxygen atoms in total. The van der Waals surface area contributed by atoms with Crippen LogP contribution in [-0.4, -0.2) is 12.2 Å². The van der Waals surface area contributed by atoms with Gasteiger partial charge in [-0.05, 0) is 34.5 Å². The van der Waals surface area contributed by atoms with E-state index in [1.54, 1.807) is 19.2 Å². The van der Waals surface area contributed by atoms with E-state index in [4.69, 9.17) is 4.74 Å². The molecule has 4 rings (SSSR count). The van der Waals surface area contributed by atoms with Crippen LogP contribution in [0.3, 0.4) is 0 Å². The molecule has 24 heavy (non-hydrogen) atoms. The van der Waals surface area contributed by atoms with E-state index >= 15 is 0 Å². The van der Waals surface area contributed by atoms with Crippen LogP contribution in [-0.2, 0) is 0 Å². The van der Waals surface area contributed by atoms with Crippen LogP contribution < -0.4 is 15.6 Å². The van der Waals surface area contributed by atoms with Crippen molar-refractivity contribution in [2.75, 3.05) is 7.11 Å². The summed E-state index contributed by atoms with van der Waals surface area (Å²) in [6.07, 6.45) is 2.07. The Labute approximate surface area is 140 Å². The molecule has 3 N–H and O–H groups in total. The number of phenols is 1. The molecule has 0 radical (unpaired) electrons. The number of phenolic OH excluding ortho intramolecular Hbond substituents is 1. The van der Waals surface area contributed by atoms with Gasteiger partial charge in [0.05, 0.1) is 24.4 Å². The number of nitrogens with one attached hydrogen (secondary N) is 2. The van der Waals surface area contributed by atoms with Gasteiger partial charge in [0.2, 0.25) is 0 Å². The highest BCUT2D eigenvalue weighted by Crippen LogP contribution is 2.36. The van der Waals surface area contributed by atoms with Gasteiger partial charge in [-0.1, -0.05) is 48.5 Å². The first kappa shape index (κ1) is 14.6. The zero-order valence-electron chi connectivity index (χ0n) is 13.3. The lowest BCUT2D eigenvalue weighted by Crippen LogP contribution is -2.26. The Bertz CT molecular complexity index is 929. The van der Waals surface area contributed by atoms with Gasteiger partial charge >= 0.3 is 0 Å². The van der Waals surface area contributed by atoms with Gasteiger partial charge in [-0.3, -0.25) is 0 Å². The van der Waals surface area contributed by atoms with Crippen molar-refractivity contribution in [3.8, 4) is 11.5 Å². The van der Waals surface area contributed by atoms with E-state index in [9.17, 15) is 5.11 Å². The number of benzene rings is 3. The van der Waals surface area contributed by atoms with Crippen molar-refractivity contribution in [1.29, 1.82) is 0 Å². The van der Waals surface area contributed by atoms with E-state index in [1.807, 2.05) is 18.2 Å². The van der Waals surface area contributed by atoms with Gasteiger partial charge in [-0.2, -0.15) is 0 Å². The molecule has 0 amide bonds. The molecule has 3 aromatic carbocycles. The zero-order valence-corrected chi connectivity index (χ0v) is 13.3. The van der Waals surface area contributed by atoms with Gasteiger partial charge in [0.1, 0.15) is 11.5 Å². The lowest BCUT2D eigenvalue weighted by Gasteiger charge is -2.13. The summed E-state index contributed by atoms with van der Waals surface area (Å²) >= 11 is 0. The molecule has 1 heterocycles. The molecule has 0 aliphatic carbocycles. The number of rotatable bonds is 3. The number of fused-ring (bicyclic) bond motifs is 1. The van der Waals surface area contributed by atoms with Crippen molar-refractivity contribution in [2.24, 2.45) is 0 Å². The summed E-state index contributed by atoms with van der Waals surface area (Å²) < 4.78 is 5.38. The third-order valence-electron chi connectivity index (χ3n) is 4.35. The summed E-state index contributed by atoms with van der Waals surface area (Å²) in [4.78, 5) is 0. The van der Waals surface area contributed by atoms with Gasteiger partial charge in [-0.25, -0.2) is 5.43 Å². The minimum atomic E-state index is 0.00964. The number of ether oxygens (including phenoxy) is 1. The Kier molecular flexibility index (Phi) is 3.59. The monoisotopic (exact) mass is 318 g/mol. The molecule has 0 aromatic heterocycles. The molecule has 0 spiro atoms. The third-order valence-corrected chi connectivity index (χ3v) is 4.35.